The predicted octanol–water partition coefficient (Wildman–Crippen LogP) is 3.49. The highest BCUT2D eigenvalue weighted by atomic mass is 16.1. The van der Waals surface area contributed by atoms with E-state index in [9.17, 15) is 4.79 Å². The maximum absolute atomic E-state index is 12.6. The Hall–Kier alpha value is -1.15. The number of Topliss-reactive ketones (excluding diaryl/α,β-unsaturated/α-hetero) is 1. The molecule has 1 aromatic rings. The van der Waals surface area contributed by atoms with Gasteiger partial charge in [0.25, 0.3) is 0 Å². The van der Waals surface area contributed by atoms with Gasteiger partial charge in [0.1, 0.15) is 5.78 Å². The fourth-order valence-electron chi connectivity index (χ4n) is 2.88. The molecule has 0 aliphatic heterocycles. The van der Waals surface area contributed by atoms with E-state index < -0.39 is 0 Å². The zero-order valence-corrected chi connectivity index (χ0v) is 13.0. The predicted molar refractivity (Wildman–Crippen MR) is 81.4 cm³/mol. The van der Waals surface area contributed by atoms with Gasteiger partial charge in [-0.3, -0.25) is 4.79 Å². The van der Waals surface area contributed by atoms with E-state index >= 15 is 0 Å². The Morgan fingerprint density at radius 1 is 1.11 bits per heavy atom. The standard InChI is InChI=1S/C17H27NO/c1-6-17(7-2,11-18)16(19)10-15-13(4)8-12(3)9-14(15)5/h8-9H,6-7,10-11,18H2,1-5H3. The van der Waals surface area contributed by atoms with Gasteiger partial charge in [-0.15, -0.1) is 0 Å². The summed E-state index contributed by atoms with van der Waals surface area (Å²) < 4.78 is 0. The van der Waals surface area contributed by atoms with E-state index in [0.717, 1.165) is 12.8 Å². The number of carbonyl (C=O) groups excluding carboxylic acids is 1. The van der Waals surface area contributed by atoms with Crippen molar-refractivity contribution >= 4 is 5.78 Å². The molecule has 0 aliphatic rings. The quantitative estimate of drug-likeness (QED) is 0.852. The molecule has 0 heterocycles. The maximum Gasteiger partial charge on any atom is 0.144 e. The Morgan fingerprint density at radius 2 is 1.58 bits per heavy atom. The van der Waals surface area contributed by atoms with E-state index in [2.05, 4.69) is 46.8 Å². The van der Waals surface area contributed by atoms with Crippen molar-refractivity contribution in [3.05, 3.63) is 34.4 Å². The molecule has 2 nitrogen and oxygen atoms in total. The summed E-state index contributed by atoms with van der Waals surface area (Å²) >= 11 is 0. The fourth-order valence-corrected chi connectivity index (χ4v) is 2.88. The Bertz CT molecular complexity index is 427. The number of hydrogen-bond acceptors (Lipinski definition) is 2. The molecule has 2 N–H and O–H groups in total. The van der Waals surface area contributed by atoms with Crippen molar-refractivity contribution < 1.29 is 4.79 Å². The van der Waals surface area contributed by atoms with Crippen LogP contribution in [0.1, 0.15) is 48.9 Å². The molecule has 0 bridgehead atoms. The summed E-state index contributed by atoms with van der Waals surface area (Å²) in [5.41, 5.74) is 10.4. The fraction of sp³-hybridized carbons (Fsp3) is 0.588. The van der Waals surface area contributed by atoms with Crippen LogP contribution in [0.3, 0.4) is 0 Å². The summed E-state index contributed by atoms with van der Waals surface area (Å²) in [7, 11) is 0. The first-order valence-electron chi connectivity index (χ1n) is 7.20. The third-order valence-corrected chi connectivity index (χ3v) is 4.51. The summed E-state index contributed by atoms with van der Waals surface area (Å²) in [6, 6.07) is 4.30. The van der Waals surface area contributed by atoms with Gasteiger partial charge < -0.3 is 5.73 Å². The second-order valence-electron chi connectivity index (χ2n) is 5.67. The summed E-state index contributed by atoms with van der Waals surface area (Å²) in [6.45, 7) is 10.8. The molecule has 19 heavy (non-hydrogen) atoms. The number of rotatable bonds is 6. The van der Waals surface area contributed by atoms with E-state index in [-0.39, 0.29) is 11.2 Å². The molecule has 0 aliphatic carbocycles. The van der Waals surface area contributed by atoms with Crippen LogP contribution in [0.2, 0.25) is 0 Å². The van der Waals surface area contributed by atoms with Gasteiger partial charge in [0.2, 0.25) is 0 Å². The Balaban J connectivity index is 3.06. The first-order chi connectivity index (χ1) is 8.90. The normalized spacial score (nSPS) is 11.7. The number of aryl methyl sites for hydroxylation is 3. The third kappa shape index (κ3) is 3.24. The third-order valence-electron chi connectivity index (χ3n) is 4.51. The van der Waals surface area contributed by atoms with Crippen LogP contribution in [-0.2, 0) is 11.2 Å². The molecule has 0 amide bonds. The van der Waals surface area contributed by atoms with Crippen molar-refractivity contribution in [3.63, 3.8) is 0 Å². The summed E-state index contributed by atoms with van der Waals surface area (Å²) in [6.07, 6.45) is 2.16. The van der Waals surface area contributed by atoms with Crippen LogP contribution in [0.4, 0.5) is 0 Å². The minimum Gasteiger partial charge on any atom is -0.329 e. The average Bonchev–Trinajstić information content (AvgIpc) is 2.36. The van der Waals surface area contributed by atoms with Crippen LogP contribution in [-0.4, -0.2) is 12.3 Å². The summed E-state index contributed by atoms with van der Waals surface area (Å²) in [5.74, 6) is 0.287. The molecule has 0 saturated carbocycles. The van der Waals surface area contributed by atoms with Gasteiger partial charge in [-0.25, -0.2) is 0 Å². The van der Waals surface area contributed by atoms with Gasteiger partial charge in [0.15, 0.2) is 0 Å². The van der Waals surface area contributed by atoms with E-state index in [1.807, 2.05) is 0 Å². The van der Waals surface area contributed by atoms with E-state index in [0.29, 0.717) is 13.0 Å². The first-order valence-corrected chi connectivity index (χ1v) is 7.20. The number of carbonyl (C=O) groups is 1. The molecular formula is C17H27NO. The SMILES string of the molecule is CCC(CC)(CN)C(=O)Cc1c(C)cc(C)cc1C. The monoisotopic (exact) mass is 261 g/mol. The summed E-state index contributed by atoms with van der Waals surface area (Å²) in [4.78, 5) is 12.6. The molecule has 1 aromatic carbocycles. The van der Waals surface area contributed by atoms with Gasteiger partial charge in [0, 0.05) is 18.4 Å². The Kier molecular flexibility index (Phi) is 5.30. The highest BCUT2D eigenvalue weighted by molar-refractivity contribution is 5.87. The second-order valence-corrected chi connectivity index (χ2v) is 5.67. The molecule has 0 spiro atoms. The number of ketones is 1. The lowest BCUT2D eigenvalue weighted by Gasteiger charge is -2.29. The van der Waals surface area contributed by atoms with Crippen LogP contribution in [0, 0.1) is 26.2 Å². The molecule has 1 rings (SSSR count). The van der Waals surface area contributed by atoms with Gasteiger partial charge in [-0.2, -0.15) is 0 Å². The van der Waals surface area contributed by atoms with Crippen LogP contribution in [0.25, 0.3) is 0 Å². The van der Waals surface area contributed by atoms with Gasteiger partial charge >= 0.3 is 0 Å². The zero-order valence-electron chi connectivity index (χ0n) is 13.0. The van der Waals surface area contributed by atoms with E-state index in [1.165, 1.54) is 22.3 Å². The Labute approximate surface area is 117 Å². The highest BCUT2D eigenvalue weighted by Crippen LogP contribution is 2.29. The van der Waals surface area contributed by atoms with Gasteiger partial charge in [-0.1, -0.05) is 31.5 Å². The Morgan fingerprint density at radius 3 is 1.95 bits per heavy atom. The topological polar surface area (TPSA) is 43.1 Å². The smallest absolute Gasteiger partial charge is 0.144 e. The number of hydrogen-bond donors (Lipinski definition) is 1. The molecular weight excluding hydrogens is 234 g/mol. The van der Waals surface area contributed by atoms with Crippen LogP contribution >= 0.6 is 0 Å². The number of benzene rings is 1. The van der Waals surface area contributed by atoms with Crippen molar-refractivity contribution in [1.82, 2.24) is 0 Å². The summed E-state index contributed by atoms with van der Waals surface area (Å²) in [5, 5.41) is 0. The van der Waals surface area contributed by atoms with Crippen LogP contribution in [0.15, 0.2) is 12.1 Å². The minimum absolute atomic E-state index is 0.287. The van der Waals surface area contributed by atoms with E-state index in [1.54, 1.807) is 0 Å². The first kappa shape index (κ1) is 15.9. The van der Waals surface area contributed by atoms with Gasteiger partial charge in [0.05, 0.1) is 0 Å². The average molecular weight is 261 g/mol. The second kappa shape index (κ2) is 6.33. The molecule has 0 unspecified atom stereocenters. The van der Waals surface area contributed by atoms with Crippen molar-refractivity contribution in [3.8, 4) is 0 Å². The van der Waals surface area contributed by atoms with Crippen LogP contribution < -0.4 is 5.73 Å². The lowest BCUT2D eigenvalue weighted by atomic mass is 9.75. The van der Waals surface area contributed by atoms with Crippen molar-refractivity contribution in [1.29, 1.82) is 0 Å². The van der Waals surface area contributed by atoms with Crippen LogP contribution in [0.5, 0.6) is 0 Å². The minimum atomic E-state index is -0.343. The molecule has 0 saturated heterocycles. The lowest BCUT2D eigenvalue weighted by molar-refractivity contribution is -0.128. The number of nitrogens with two attached hydrogens (primary N) is 1. The largest absolute Gasteiger partial charge is 0.329 e. The van der Waals surface area contributed by atoms with Crippen molar-refractivity contribution in [2.24, 2.45) is 11.1 Å². The van der Waals surface area contributed by atoms with E-state index in [4.69, 9.17) is 5.73 Å². The highest BCUT2D eigenvalue weighted by Gasteiger charge is 2.33. The molecule has 0 fully saturated rings. The molecule has 106 valence electrons. The lowest BCUT2D eigenvalue weighted by Crippen LogP contribution is -2.38. The zero-order chi connectivity index (χ0) is 14.6. The molecule has 0 aromatic heterocycles. The molecule has 0 atom stereocenters. The van der Waals surface area contributed by atoms with Crippen molar-refractivity contribution in [2.45, 2.75) is 53.9 Å². The van der Waals surface area contributed by atoms with Gasteiger partial charge in [-0.05, 0) is 50.3 Å². The maximum atomic E-state index is 12.6. The molecule has 2 heteroatoms. The van der Waals surface area contributed by atoms with Crippen molar-refractivity contribution in [2.75, 3.05) is 6.54 Å². The molecule has 0 radical (unpaired) electrons.